The van der Waals surface area contributed by atoms with Gasteiger partial charge in [0.25, 0.3) is 0 Å². The first-order chi connectivity index (χ1) is 7.20. The Morgan fingerprint density at radius 1 is 1.73 bits per heavy atom. The van der Waals surface area contributed by atoms with Crippen molar-refractivity contribution in [2.45, 2.75) is 33.3 Å². The fraction of sp³-hybridized carbons (Fsp3) is 0.636. The highest BCUT2D eigenvalue weighted by atomic mass is 32.1. The van der Waals surface area contributed by atoms with Crippen molar-refractivity contribution in [3.63, 3.8) is 0 Å². The summed E-state index contributed by atoms with van der Waals surface area (Å²) in [5.74, 6) is 0.599. The number of carbonyl (C=O) groups is 1. The molecule has 82 valence electrons. The summed E-state index contributed by atoms with van der Waals surface area (Å²) in [5, 5.41) is 3.06. The second kappa shape index (κ2) is 4.31. The Morgan fingerprint density at radius 2 is 2.47 bits per heavy atom. The number of ether oxygens (including phenoxy) is 1. The fourth-order valence-corrected chi connectivity index (χ4v) is 2.21. The van der Waals surface area contributed by atoms with Crippen molar-refractivity contribution in [3.8, 4) is 0 Å². The van der Waals surface area contributed by atoms with Crippen molar-refractivity contribution < 1.29 is 9.53 Å². The minimum absolute atomic E-state index is 0.0615. The molecule has 0 spiro atoms. The fourth-order valence-electron chi connectivity index (χ4n) is 1.48. The first-order valence-electron chi connectivity index (χ1n) is 5.30. The first kappa shape index (κ1) is 10.6. The lowest BCUT2D eigenvalue weighted by Gasteiger charge is -2.00. The molecular weight excluding hydrogens is 210 g/mol. The van der Waals surface area contributed by atoms with Gasteiger partial charge in [0.1, 0.15) is 6.61 Å². The van der Waals surface area contributed by atoms with E-state index in [1.165, 1.54) is 0 Å². The van der Waals surface area contributed by atoms with Crippen molar-refractivity contribution in [3.05, 3.63) is 16.1 Å². The first-order valence-corrected chi connectivity index (χ1v) is 6.18. The summed E-state index contributed by atoms with van der Waals surface area (Å²) in [7, 11) is 0. The lowest BCUT2D eigenvalue weighted by Crippen LogP contribution is -2.07. The van der Waals surface area contributed by atoms with Crippen LogP contribution in [0.2, 0.25) is 0 Å². The average Bonchev–Trinajstić information content (AvgIpc) is 2.81. The van der Waals surface area contributed by atoms with Crippen LogP contribution in [0, 0.1) is 11.8 Å². The largest absolute Gasteiger partial charge is 0.459 e. The van der Waals surface area contributed by atoms with E-state index in [9.17, 15) is 4.79 Å². The molecule has 0 aliphatic heterocycles. The summed E-state index contributed by atoms with van der Waals surface area (Å²) in [6.45, 7) is 4.48. The highest BCUT2D eigenvalue weighted by Gasteiger charge is 2.40. The van der Waals surface area contributed by atoms with E-state index in [1.54, 1.807) is 11.3 Å². The van der Waals surface area contributed by atoms with Gasteiger partial charge in [-0.25, -0.2) is 4.98 Å². The summed E-state index contributed by atoms with van der Waals surface area (Å²) in [6, 6.07) is 0. The van der Waals surface area contributed by atoms with Gasteiger partial charge in [0.05, 0.1) is 16.6 Å². The molecule has 0 saturated heterocycles. The Morgan fingerprint density at radius 3 is 3.00 bits per heavy atom. The molecule has 0 aromatic carbocycles. The molecule has 2 atom stereocenters. The topological polar surface area (TPSA) is 39.2 Å². The molecule has 1 aromatic heterocycles. The summed E-state index contributed by atoms with van der Waals surface area (Å²) in [6.07, 6.45) is 1.92. The number of hydrogen-bond acceptors (Lipinski definition) is 4. The van der Waals surface area contributed by atoms with Crippen molar-refractivity contribution in [2.75, 3.05) is 0 Å². The highest BCUT2D eigenvalue weighted by Crippen LogP contribution is 2.38. The third-order valence-electron chi connectivity index (χ3n) is 2.68. The van der Waals surface area contributed by atoms with Crippen LogP contribution in [0.25, 0.3) is 0 Å². The molecular formula is C11H15NO2S. The predicted octanol–water partition coefficient (Wildman–Crippen LogP) is 2.40. The molecule has 2 rings (SSSR count). The zero-order chi connectivity index (χ0) is 10.8. The van der Waals surface area contributed by atoms with Gasteiger partial charge in [-0.2, -0.15) is 0 Å². The molecule has 0 radical (unpaired) electrons. The number of nitrogens with zero attached hydrogens (tertiary/aromatic N) is 1. The summed E-state index contributed by atoms with van der Waals surface area (Å²) in [5.41, 5.74) is 0.874. The Kier molecular flexibility index (Phi) is 3.05. The van der Waals surface area contributed by atoms with Gasteiger partial charge in [-0.1, -0.05) is 13.8 Å². The third-order valence-corrected chi connectivity index (χ3v) is 3.72. The van der Waals surface area contributed by atoms with Crippen molar-refractivity contribution in [1.29, 1.82) is 0 Å². The van der Waals surface area contributed by atoms with Crippen LogP contribution in [0.3, 0.4) is 0 Å². The predicted molar refractivity (Wildman–Crippen MR) is 58.6 cm³/mol. The molecule has 1 aromatic rings. The van der Waals surface area contributed by atoms with Gasteiger partial charge in [0, 0.05) is 5.38 Å². The number of esters is 1. The quantitative estimate of drug-likeness (QED) is 0.739. The van der Waals surface area contributed by atoms with E-state index in [2.05, 4.69) is 18.8 Å². The van der Waals surface area contributed by atoms with Gasteiger partial charge in [-0.3, -0.25) is 4.79 Å². The van der Waals surface area contributed by atoms with Crippen LogP contribution in [0.5, 0.6) is 0 Å². The van der Waals surface area contributed by atoms with Gasteiger partial charge in [0.2, 0.25) is 0 Å². The summed E-state index contributed by atoms with van der Waals surface area (Å²) < 4.78 is 5.19. The van der Waals surface area contributed by atoms with Crippen LogP contribution in [0.15, 0.2) is 5.38 Å². The number of aromatic nitrogens is 1. The smallest absolute Gasteiger partial charge is 0.309 e. The Bertz CT molecular complexity index is 361. The summed E-state index contributed by atoms with van der Waals surface area (Å²) >= 11 is 1.62. The average molecular weight is 225 g/mol. The van der Waals surface area contributed by atoms with Crippen molar-refractivity contribution in [2.24, 2.45) is 11.8 Å². The summed E-state index contributed by atoms with van der Waals surface area (Å²) in [4.78, 5) is 15.8. The van der Waals surface area contributed by atoms with Crippen LogP contribution in [0.1, 0.15) is 31.0 Å². The lowest BCUT2D eigenvalue weighted by molar-refractivity contribution is -0.146. The molecule has 0 bridgehead atoms. The van der Waals surface area contributed by atoms with Gasteiger partial charge < -0.3 is 4.74 Å². The van der Waals surface area contributed by atoms with E-state index in [-0.39, 0.29) is 11.9 Å². The Balaban J connectivity index is 1.80. The zero-order valence-corrected chi connectivity index (χ0v) is 9.84. The number of carbonyl (C=O) groups excluding carboxylic acids is 1. The van der Waals surface area contributed by atoms with Crippen molar-refractivity contribution in [1.82, 2.24) is 4.98 Å². The second-order valence-electron chi connectivity index (χ2n) is 4.01. The Labute approximate surface area is 93.5 Å². The molecule has 1 fully saturated rings. The Hall–Kier alpha value is -0.900. The van der Waals surface area contributed by atoms with Crippen molar-refractivity contribution >= 4 is 17.3 Å². The number of rotatable bonds is 4. The lowest BCUT2D eigenvalue weighted by atomic mass is 10.3. The number of hydrogen-bond donors (Lipinski definition) is 0. The molecule has 2 unspecified atom stereocenters. The van der Waals surface area contributed by atoms with E-state index < -0.39 is 0 Å². The molecule has 1 aliphatic rings. The SMILES string of the molecule is CCc1nc(COC(=O)C2CC2C)cs1. The van der Waals surface area contributed by atoms with E-state index >= 15 is 0 Å². The van der Waals surface area contributed by atoms with Gasteiger partial charge in [-0.05, 0) is 18.8 Å². The standard InChI is InChI=1S/C11H15NO2S/c1-3-10-12-8(6-15-10)5-14-11(13)9-4-7(9)2/h6-7,9H,3-5H2,1-2H3. The molecule has 4 heteroatoms. The maximum Gasteiger partial charge on any atom is 0.309 e. The molecule has 1 saturated carbocycles. The van der Waals surface area contributed by atoms with E-state index in [1.807, 2.05) is 5.38 Å². The second-order valence-corrected chi connectivity index (χ2v) is 4.96. The van der Waals surface area contributed by atoms with Crippen LogP contribution in [0.4, 0.5) is 0 Å². The zero-order valence-electron chi connectivity index (χ0n) is 9.03. The van der Waals surface area contributed by atoms with E-state index in [0.717, 1.165) is 23.5 Å². The maximum atomic E-state index is 11.4. The van der Waals surface area contributed by atoms with E-state index in [4.69, 9.17) is 4.74 Å². The highest BCUT2D eigenvalue weighted by molar-refractivity contribution is 7.09. The maximum absolute atomic E-state index is 11.4. The molecule has 15 heavy (non-hydrogen) atoms. The molecule has 0 amide bonds. The number of thiazole rings is 1. The number of aryl methyl sites for hydroxylation is 1. The molecule has 1 heterocycles. The van der Waals surface area contributed by atoms with Crippen LogP contribution >= 0.6 is 11.3 Å². The van der Waals surface area contributed by atoms with Crippen LogP contribution in [-0.4, -0.2) is 11.0 Å². The van der Waals surface area contributed by atoms with Gasteiger partial charge in [-0.15, -0.1) is 11.3 Å². The van der Waals surface area contributed by atoms with Gasteiger partial charge >= 0.3 is 5.97 Å². The van der Waals surface area contributed by atoms with Crippen LogP contribution < -0.4 is 0 Å². The molecule has 1 aliphatic carbocycles. The van der Waals surface area contributed by atoms with E-state index in [0.29, 0.717) is 12.5 Å². The molecule has 0 N–H and O–H groups in total. The monoisotopic (exact) mass is 225 g/mol. The van der Waals surface area contributed by atoms with Gasteiger partial charge in [0.15, 0.2) is 0 Å². The minimum Gasteiger partial charge on any atom is -0.459 e. The molecule has 3 nitrogen and oxygen atoms in total. The third kappa shape index (κ3) is 2.56. The van der Waals surface area contributed by atoms with Crippen LogP contribution in [-0.2, 0) is 22.6 Å². The normalized spacial score (nSPS) is 23.9. The minimum atomic E-state index is -0.0615.